The van der Waals surface area contributed by atoms with Crippen molar-refractivity contribution in [1.29, 1.82) is 0 Å². The molecule has 1 atom stereocenters. The van der Waals surface area contributed by atoms with Gasteiger partial charge < -0.3 is 10.1 Å². The van der Waals surface area contributed by atoms with E-state index >= 15 is 0 Å². The molecule has 1 unspecified atom stereocenters. The summed E-state index contributed by atoms with van der Waals surface area (Å²) in [4.78, 5) is 22.6. The van der Waals surface area contributed by atoms with E-state index in [1.807, 2.05) is 29.2 Å². The molecule has 0 bridgehead atoms. The Balaban J connectivity index is 1.75. The first-order valence-corrected chi connectivity index (χ1v) is 8.00. The number of fused-ring (bicyclic) bond motifs is 1. The van der Waals surface area contributed by atoms with E-state index in [-0.39, 0.29) is 0 Å². The van der Waals surface area contributed by atoms with Crippen molar-refractivity contribution in [2.45, 2.75) is 6.17 Å². The van der Waals surface area contributed by atoms with Crippen LogP contribution in [0.15, 0.2) is 35.5 Å². The van der Waals surface area contributed by atoms with Crippen LogP contribution in [0.5, 0.6) is 0 Å². The van der Waals surface area contributed by atoms with E-state index in [4.69, 9.17) is 11.6 Å². The van der Waals surface area contributed by atoms with E-state index in [0.717, 1.165) is 42.8 Å². The predicted octanol–water partition coefficient (Wildman–Crippen LogP) is 1.54. The van der Waals surface area contributed by atoms with Crippen LogP contribution in [-0.4, -0.2) is 60.1 Å². The van der Waals surface area contributed by atoms with Gasteiger partial charge in [0.15, 0.2) is 0 Å². The highest BCUT2D eigenvalue weighted by Crippen LogP contribution is 2.28. The van der Waals surface area contributed by atoms with Gasteiger partial charge in [-0.3, -0.25) is 14.7 Å². The molecule has 1 amide bonds. The molecular weight excluding hydrogens is 330 g/mol. The van der Waals surface area contributed by atoms with Crippen LogP contribution in [0, 0.1) is 0 Å². The number of pyridine rings is 1. The van der Waals surface area contributed by atoms with Crippen LogP contribution in [0.3, 0.4) is 0 Å². The number of aromatic nitrogens is 1. The largest absolute Gasteiger partial charge is 0.368 e. The predicted molar refractivity (Wildman–Crippen MR) is 93.8 cm³/mol. The van der Waals surface area contributed by atoms with Gasteiger partial charge in [0.1, 0.15) is 6.17 Å². The molecule has 2 aromatic rings. The average Bonchev–Trinajstić information content (AvgIpc) is 2.62. The molecule has 1 fully saturated rings. The van der Waals surface area contributed by atoms with Gasteiger partial charge in [-0.1, -0.05) is 11.6 Å². The van der Waals surface area contributed by atoms with E-state index in [1.165, 1.54) is 6.21 Å². The van der Waals surface area contributed by atoms with Gasteiger partial charge >= 0.3 is 0 Å². The van der Waals surface area contributed by atoms with Gasteiger partial charge in [-0.25, -0.2) is 4.99 Å². The summed E-state index contributed by atoms with van der Waals surface area (Å²) in [6, 6.07) is 7.72. The van der Waals surface area contributed by atoms with Crippen molar-refractivity contribution in [1.82, 2.24) is 15.4 Å². The summed E-state index contributed by atoms with van der Waals surface area (Å²) in [6.45, 7) is 3.02. The van der Waals surface area contributed by atoms with Crippen LogP contribution in [-0.2, 0) is 4.79 Å². The number of piperazine rings is 1. The highest BCUT2D eigenvalue weighted by atomic mass is 35.5. The molecule has 24 heavy (non-hydrogen) atoms. The molecule has 7 nitrogen and oxygen atoms in total. The van der Waals surface area contributed by atoms with Crippen LogP contribution in [0.25, 0.3) is 10.9 Å². The standard InChI is InChI=1S/C16H18ClN5O2/c17-12-1-2-13-14(9-12)19-4-3-15(13)21-5-7-22(8-6-21)16(20-24)10-18-11-23/h1-4,9-11,16,20,24H,5-8H2. The Kier molecular flexibility index (Phi) is 5.37. The Hall–Kier alpha value is -2.06. The molecule has 0 radical (unpaired) electrons. The van der Waals surface area contributed by atoms with E-state index in [1.54, 1.807) is 6.20 Å². The molecule has 2 N–H and O–H groups in total. The maximum absolute atomic E-state index is 10.3. The summed E-state index contributed by atoms with van der Waals surface area (Å²) in [5.74, 6) is 0. The molecule has 0 spiro atoms. The lowest BCUT2D eigenvalue weighted by atomic mass is 10.1. The minimum Gasteiger partial charge on any atom is -0.368 e. The first-order chi connectivity index (χ1) is 11.7. The summed E-state index contributed by atoms with van der Waals surface area (Å²) >= 11 is 6.04. The van der Waals surface area contributed by atoms with Crippen molar-refractivity contribution in [2.75, 3.05) is 31.1 Å². The van der Waals surface area contributed by atoms with E-state index in [9.17, 15) is 10.0 Å². The number of halogens is 1. The monoisotopic (exact) mass is 347 g/mol. The molecule has 0 saturated carbocycles. The number of aliphatic imine (C=N–C) groups is 1. The second-order valence-electron chi connectivity index (χ2n) is 5.49. The van der Waals surface area contributed by atoms with Gasteiger partial charge in [-0.2, -0.15) is 5.48 Å². The summed E-state index contributed by atoms with van der Waals surface area (Å²) < 4.78 is 0. The van der Waals surface area contributed by atoms with Gasteiger partial charge in [0.2, 0.25) is 6.41 Å². The minimum atomic E-state index is -0.467. The Morgan fingerprint density at radius 1 is 1.29 bits per heavy atom. The van der Waals surface area contributed by atoms with Gasteiger partial charge in [0.05, 0.1) is 5.52 Å². The summed E-state index contributed by atoms with van der Waals surface area (Å²) in [7, 11) is 0. The molecule has 3 rings (SSSR count). The maximum atomic E-state index is 10.3. The number of hydroxylamine groups is 1. The lowest BCUT2D eigenvalue weighted by molar-refractivity contribution is -0.106. The van der Waals surface area contributed by atoms with Crippen LogP contribution >= 0.6 is 11.6 Å². The zero-order valence-electron chi connectivity index (χ0n) is 13.0. The fourth-order valence-electron chi connectivity index (χ4n) is 2.95. The van der Waals surface area contributed by atoms with Crippen LogP contribution in [0.1, 0.15) is 0 Å². The van der Waals surface area contributed by atoms with Gasteiger partial charge in [0, 0.05) is 54.7 Å². The Bertz CT molecular complexity index is 746. The quantitative estimate of drug-likeness (QED) is 0.485. The summed E-state index contributed by atoms with van der Waals surface area (Å²) in [6.07, 6.45) is 3.17. The second-order valence-corrected chi connectivity index (χ2v) is 5.93. The van der Waals surface area contributed by atoms with Crippen molar-refractivity contribution >= 4 is 40.8 Å². The molecule has 1 aromatic heterocycles. The number of benzene rings is 1. The van der Waals surface area contributed by atoms with Crippen molar-refractivity contribution < 1.29 is 10.0 Å². The summed E-state index contributed by atoms with van der Waals surface area (Å²) in [5, 5.41) is 11.0. The highest BCUT2D eigenvalue weighted by Gasteiger charge is 2.23. The topological polar surface area (TPSA) is 81.1 Å². The van der Waals surface area contributed by atoms with Gasteiger partial charge in [-0.15, -0.1) is 0 Å². The molecule has 0 aliphatic carbocycles. The average molecular weight is 348 g/mol. The van der Waals surface area contributed by atoms with Crippen molar-refractivity contribution in [3.8, 4) is 0 Å². The van der Waals surface area contributed by atoms with E-state index in [2.05, 4.69) is 20.4 Å². The third-order valence-corrected chi connectivity index (χ3v) is 4.39. The van der Waals surface area contributed by atoms with Gasteiger partial charge in [-0.05, 0) is 24.3 Å². The fraction of sp³-hybridized carbons (Fsp3) is 0.312. The number of nitrogens with zero attached hydrogens (tertiary/aromatic N) is 4. The molecule has 126 valence electrons. The zero-order chi connectivity index (χ0) is 16.9. The highest BCUT2D eigenvalue weighted by molar-refractivity contribution is 6.31. The molecule has 8 heteroatoms. The first kappa shape index (κ1) is 16.8. The number of nitrogens with one attached hydrogen (secondary N) is 1. The Labute approximate surface area is 144 Å². The number of carbonyl (C=O) groups excluding carboxylic acids is 1. The van der Waals surface area contributed by atoms with Crippen molar-refractivity contribution in [3.63, 3.8) is 0 Å². The second kappa shape index (κ2) is 7.67. The number of rotatable bonds is 5. The minimum absolute atomic E-state index is 0.453. The Morgan fingerprint density at radius 2 is 2.08 bits per heavy atom. The first-order valence-electron chi connectivity index (χ1n) is 7.63. The van der Waals surface area contributed by atoms with E-state index < -0.39 is 6.17 Å². The number of hydrogen-bond acceptors (Lipinski definition) is 6. The SMILES string of the molecule is O=CN=CC(NO)N1CCN(c2ccnc3cc(Cl)ccc23)CC1. The molecule has 1 saturated heterocycles. The number of carbonyl (C=O) groups is 1. The molecule has 1 aromatic carbocycles. The molecule has 2 heterocycles. The number of hydrogen-bond donors (Lipinski definition) is 2. The summed E-state index contributed by atoms with van der Waals surface area (Å²) in [5.41, 5.74) is 4.16. The Morgan fingerprint density at radius 3 is 2.79 bits per heavy atom. The lowest BCUT2D eigenvalue weighted by Crippen LogP contribution is -2.55. The van der Waals surface area contributed by atoms with Crippen LogP contribution in [0.2, 0.25) is 5.02 Å². The molecule has 1 aliphatic rings. The van der Waals surface area contributed by atoms with Crippen LogP contribution < -0.4 is 10.4 Å². The smallest absolute Gasteiger partial charge is 0.232 e. The van der Waals surface area contributed by atoms with Gasteiger partial charge in [0.25, 0.3) is 0 Å². The zero-order valence-corrected chi connectivity index (χ0v) is 13.7. The molecule has 1 aliphatic heterocycles. The molecular formula is C16H18ClN5O2. The van der Waals surface area contributed by atoms with Crippen LogP contribution in [0.4, 0.5) is 5.69 Å². The normalized spacial score (nSPS) is 17.5. The third kappa shape index (κ3) is 3.54. The number of amides is 1. The maximum Gasteiger partial charge on any atom is 0.232 e. The van der Waals surface area contributed by atoms with Crippen molar-refractivity contribution in [2.24, 2.45) is 4.99 Å². The number of anilines is 1. The fourth-order valence-corrected chi connectivity index (χ4v) is 3.12. The third-order valence-electron chi connectivity index (χ3n) is 4.15. The van der Waals surface area contributed by atoms with Crippen molar-refractivity contribution in [3.05, 3.63) is 35.5 Å². The lowest BCUT2D eigenvalue weighted by Gasteiger charge is -2.38. The van der Waals surface area contributed by atoms with E-state index in [0.29, 0.717) is 11.4 Å².